The molecule has 1 amide bonds. The highest BCUT2D eigenvalue weighted by atomic mass is 32.1. The number of imidazole rings is 1. The van der Waals surface area contributed by atoms with Gasteiger partial charge in [-0.1, -0.05) is 12.5 Å². The number of nitrogens with one attached hydrogen (secondary N) is 1. The number of hydrogen-bond donors (Lipinski definition) is 1. The minimum Gasteiger partial charge on any atom is -0.342 e. The summed E-state index contributed by atoms with van der Waals surface area (Å²) in [5, 5.41) is 5.31. The van der Waals surface area contributed by atoms with Crippen LogP contribution in [0.25, 0.3) is 4.83 Å². The summed E-state index contributed by atoms with van der Waals surface area (Å²) >= 11 is 1.67. The van der Waals surface area contributed by atoms with Crippen molar-refractivity contribution in [3.05, 3.63) is 47.4 Å². The van der Waals surface area contributed by atoms with E-state index in [1.165, 1.54) is 31.4 Å². The number of carbonyl (C=O) groups excluding carboxylic acids is 1. The lowest BCUT2D eigenvalue weighted by molar-refractivity contribution is -0.135. The van der Waals surface area contributed by atoms with E-state index in [-0.39, 0.29) is 17.7 Å². The minimum atomic E-state index is -0.274. The van der Waals surface area contributed by atoms with Crippen LogP contribution < -0.4 is 5.32 Å². The van der Waals surface area contributed by atoms with Crippen molar-refractivity contribution in [3.8, 4) is 0 Å². The molecule has 3 aromatic rings. The first-order chi connectivity index (χ1) is 14.6. The molecular formula is C23H25FN4OS. The van der Waals surface area contributed by atoms with Crippen LogP contribution in [-0.4, -0.2) is 33.3 Å². The first-order valence-corrected chi connectivity index (χ1v) is 11.8. The van der Waals surface area contributed by atoms with Gasteiger partial charge in [-0.15, -0.1) is 11.3 Å². The van der Waals surface area contributed by atoms with E-state index in [2.05, 4.69) is 10.2 Å². The molecule has 1 N–H and O–H groups in total. The molecule has 1 aromatic carbocycles. The normalized spacial score (nSPS) is 24.8. The molecular weight excluding hydrogens is 399 g/mol. The van der Waals surface area contributed by atoms with Gasteiger partial charge in [0.05, 0.1) is 5.69 Å². The molecule has 0 unspecified atom stereocenters. The van der Waals surface area contributed by atoms with E-state index in [1.54, 1.807) is 17.4 Å². The van der Waals surface area contributed by atoms with Gasteiger partial charge in [-0.2, -0.15) is 0 Å². The Morgan fingerprint density at radius 1 is 1.30 bits per heavy atom. The highest BCUT2D eigenvalue weighted by molar-refractivity contribution is 7.15. The summed E-state index contributed by atoms with van der Waals surface area (Å²) in [4.78, 5) is 21.2. The van der Waals surface area contributed by atoms with E-state index in [0.29, 0.717) is 23.0 Å². The maximum Gasteiger partial charge on any atom is 0.226 e. The average Bonchev–Trinajstić information content (AvgIpc) is 3.17. The Balaban J connectivity index is 1.24. The van der Waals surface area contributed by atoms with Crippen LogP contribution in [0.2, 0.25) is 0 Å². The molecule has 2 aromatic heterocycles. The number of thiazole rings is 1. The van der Waals surface area contributed by atoms with E-state index in [1.807, 2.05) is 22.0 Å². The maximum absolute atomic E-state index is 13.6. The summed E-state index contributed by atoms with van der Waals surface area (Å²) < 4.78 is 15.6. The van der Waals surface area contributed by atoms with E-state index in [0.717, 1.165) is 42.9 Å². The number of fused-ring (bicyclic) bond motifs is 1. The zero-order valence-corrected chi connectivity index (χ0v) is 17.6. The summed E-state index contributed by atoms with van der Waals surface area (Å²) in [5.41, 5.74) is 2.11. The predicted molar refractivity (Wildman–Crippen MR) is 116 cm³/mol. The predicted octanol–water partition coefficient (Wildman–Crippen LogP) is 5.17. The molecule has 1 aliphatic heterocycles. The number of piperidine rings is 1. The molecule has 6 rings (SSSR count). The molecule has 3 fully saturated rings. The Kier molecular flexibility index (Phi) is 4.17. The van der Waals surface area contributed by atoms with Gasteiger partial charge >= 0.3 is 0 Å². The first-order valence-electron chi connectivity index (χ1n) is 10.9. The quantitative estimate of drug-likeness (QED) is 0.628. The van der Waals surface area contributed by atoms with Gasteiger partial charge in [0.2, 0.25) is 11.9 Å². The minimum absolute atomic E-state index is 0.246. The van der Waals surface area contributed by atoms with Gasteiger partial charge < -0.3 is 10.2 Å². The van der Waals surface area contributed by atoms with Gasteiger partial charge in [0.25, 0.3) is 0 Å². The topological polar surface area (TPSA) is 49.6 Å². The molecule has 1 saturated heterocycles. The van der Waals surface area contributed by atoms with Crippen molar-refractivity contribution in [1.82, 2.24) is 14.3 Å². The van der Waals surface area contributed by atoms with Gasteiger partial charge in [0.15, 0.2) is 0 Å². The lowest BCUT2D eigenvalue weighted by Gasteiger charge is -2.34. The fourth-order valence-electron chi connectivity index (χ4n) is 5.40. The van der Waals surface area contributed by atoms with Gasteiger partial charge in [-0.25, -0.2) is 9.37 Å². The van der Waals surface area contributed by atoms with Crippen LogP contribution in [-0.2, 0) is 4.79 Å². The van der Waals surface area contributed by atoms with E-state index >= 15 is 0 Å². The molecule has 0 radical (unpaired) electrons. The van der Waals surface area contributed by atoms with Crippen molar-refractivity contribution in [2.75, 3.05) is 18.4 Å². The molecule has 2 atom stereocenters. The van der Waals surface area contributed by atoms with Crippen LogP contribution in [0.4, 0.5) is 16.0 Å². The van der Waals surface area contributed by atoms with Crippen molar-refractivity contribution in [2.45, 2.75) is 44.4 Å². The number of likely N-dealkylation sites (tertiary alicyclic amines) is 1. The smallest absolute Gasteiger partial charge is 0.226 e. The number of halogens is 1. The molecule has 30 heavy (non-hydrogen) atoms. The molecule has 7 heteroatoms. The van der Waals surface area contributed by atoms with Crippen LogP contribution in [0.15, 0.2) is 35.8 Å². The number of carbonyl (C=O) groups is 1. The number of amides is 1. The van der Waals surface area contributed by atoms with Crippen LogP contribution in [0.5, 0.6) is 0 Å². The Hall–Kier alpha value is -2.41. The fraction of sp³-hybridized carbons (Fsp3) is 0.478. The Bertz CT molecular complexity index is 1120. The van der Waals surface area contributed by atoms with E-state index in [4.69, 9.17) is 4.98 Å². The second-order valence-electron chi connectivity index (χ2n) is 9.13. The number of rotatable bonds is 4. The van der Waals surface area contributed by atoms with Crippen molar-refractivity contribution < 1.29 is 9.18 Å². The van der Waals surface area contributed by atoms with Gasteiger partial charge in [0, 0.05) is 42.2 Å². The molecule has 1 spiro atoms. The number of nitrogens with zero attached hydrogens (tertiary/aromatic N) is 3. The van der Waals surface area contributed by atoms with Crippen LogP contribution in [0.1, 0.15) is 50.1 Å². The Morgan fingerprint density at radius 3 is 2.97 bits per heavy atom. The summed E-state index contributed by atoms with van der Waals surface area (Å²) in [7, 11) is 0. The monoisotopic (exact) mass is 424 g/mol. The lowest BCUT2D eigenvalue weighted by Crippen LogP contribution is -2.41. The molecule has 2 saturated carbocycles. The lowest BCUT2D eigenvalue weighted by atomic mass is 9.79. The van der Waals surface area contributed by atoms with Gasteiger partial charge in [-0.05, 0) is 55.7 Å². The van der Waals surface area contributed by atoms with E-state index < -0.39 is 0 Å². The Labute approximate surface area is 178 Å². The zero-order chi connectivity index (χ0) is 20.3. The summed E-state index contributed by atoms with van der Waals surface area (Å²) in [6, 6.07) is 6.43. The highest BCUT2D eigenvalue weighted by Gasteiger charge is 2.61. The van der Waals surface area contributed by atoms with Crippen LogP contribution >= 0.6 is 11.3 Å². The van der Waals surface area contributed by atoms with Crippen molar-refractivity contribution in [2.24, 2.45) is 11.3 Å². The molecule has 3 heterocycles. The number of aromatic nitrogens is 2. The largest absolute Gasteiger partial charge is 0.342 e. The van der Waals surface area contributed by atoms with Crippen LogP contribution in [0.3, 0.4) is 0 Å². The summed E-state index contributed by atoms with van der Waals surface area (Å²) in [6.45, 7) is 1.63. The second-order valence-corrected chi connectivity index (χ2v) is 10.0. The fourth-order valence-corrected chi connectivity index (χ4v) is 6.30. The molecule has 5 nitrogen and oxygen atoms in total. The summed E-state index contributed by atoms with van der Waals surface area (Å²) in [6.07, 6.45) is 8.94. The standard InChI is InChI=1S/C23H25FN4OS/c24-16-5-1-6-17(12-16)25-22-26-19(21-28(22)10-11-30-21)15-4-2-9-27(14-15)20(29)18-13-23(18)7-3-8-23/h1,5-6,10-12,15,18H,2-4,7-9,13-14H2,(H,25,26)/t15-,18-/m1/s1. The van der Waals surface area contributed by atoms with Crippen molar-refractivity contribution in [1.29, 1.82) is 0 Å². The first kappa shape index (κ1) is 18.4. The zero-order valence-electron chi connectivity index (χ0n) is 16.8. The van der Waals surface area contributed by atoms with E-state index in [9.17, 15) is 9.18 Å². The third-order valence-corrected chi connectivity index (χ3v) is 8.21. The SMILES string of the molecule is O=C([C@H]1CC12CCC2)N1CCC[C@@H](c2nc(Nc3cccc(F)c3)n3ccsc23)C1. The number of anilines is 2. The third kappa shape index (κ3) is 2.94. The molecule has 3 aliphatic rings. The highest BCUT2D eigenvalue weighted by Crippen LogP contribution is 2.66. The van der Waals surface area contributed by atoms with Crippen LogP contribution in [0, 0.1) is 17.2 Å². The van der Waals surface area contributed by atoms with Crippen molar-refractivity contribution in [3.63, 3.8) is 0 Å². The maximum atomic E-state index is 13.6. The van der Waals surface area contributed by atoms with Gasteiger partial charge in [-0.3, -0.25) is 9.20 Å². The molecule has 156 valence electrons. The third-order valence-electron chi connectivity index (χ3n) is 7.32. The molecule has 0 bridgehead atoms. The Morgan fingerprint density at radius 2 is 2.20 bits per heavy atom. The van der Waals surface area contributed by atoms with Gasteiger partial charge in [0.1, 0.15) is 10.6 Å². The average molecular weight is 425 g/mol. The van der Waals surface area contributed by atoms with Crippen molar-refractivity contribution >= 4 is 33.7 Å². The second kappa shape index (κ2) is 6.80. The summed E-state index contributed by atoms with van der Waals surface area (Å²) in [5.74, 6) is 1.32. The number of benzene rings is 1. The molecule has 2 aliphatic carbocycles. The number of hydrogen-bond acceptors (Lipinski definition) is 4.